The Balaban J connectivity index is 4.12. The third-order valence-electron chi connectivity index (χ3n) is 1.92. The Morgan fingerprint density at radius 3 is 2.38 bits per heavy atom. The first-order chi connectivity index (χ1) is 7.15. The van der Waals surface area contributed by atoms with Gasteiger partial charge in [0.1, 0.15) is 6.04 Å². The summed E-state index contributed by atoms with van der Waals surface area (Å²) in [7, 11) is -2.33. The maximum atomic E-state index is 11.3. The zero-order chi connectivity index (χ0) is 12.9. The van der Waals surface area contributed by atoms with Crippen molar-refractivity contribution >= 4 is 22.0 Å². The van der Waals surface area contributed by atoms with Crippen molar-refractivity contribution in [2.75, 3.05) is 19.3 Å². The SMILES string of the molecule is CC(C(=O)O)N(C)C(=O)NCCS(N)(=O)=O. The fourth-order valence-corrected chi connectivity index (χ4v) is 1.15. The summed E-state index contributed by atoms with van der Waals surface area (Å²) < 4.78 is 21.1. The molecule has 0 aliphatic carbocycles. The number of carboxylic acid groups (broad SMARTS) is 1. The van der Waals surface area contributed by atoms with Crippen LogP contribution in [0.2, 0.25) is 0 Å². The zero-order valence-electron chi connectivity index (χ0n) is 9.00. The highest BCUT2D eigenvalue weighted by atomic mass is 32.2. The second-order valence-corrected chi connectivity index (χ2v) is 4.96. The van der Waals surface area contributed by atoms with Gasteiger partial charge in [-0.25, -0.2) is 23.1 Å². The number of nitrogens with two attached hydrogens (primary N) is 1. The highest BCUT2D eigenvalue weighted by Gasteiger charge is 2.21. The van der Waals surface area contributed by atoms with E-state index >= 15 is 0 Å². The standard InChI is InChI=1S/C7H15N3O5S/c1-5(6(11)12)10(2)7(13)9-3-4-16(8,14)15/h5H,3-4H2,1-2H3,(H,9,13)(H,11,12)(H2,8,14,15). The second-order valence-electron chi connectivity index (χ2n) is 3.22. The predicted octanol–water partition coefficient (Wildman–Crippen LogP) is -1.61. The quantitative estimate of drug-likeness (QED) is 0.542. The number of likely N-dealkylation sites (N-methyl/N-ethyl adjacent to an activating group) is 1. The second kappa shape index (κ2) is 5.66. The maximum absolute atomic E-state index is 11.3. The Labute approximate surface area is 93.5 Å². The van der Waals surface area contributed by atoms with Crippen LogP contribution < -0.4 is 10.5 Å². The minimum absolute atomic E-state index is 0.158. The van der Waals surface area contributed by atoms with E-state index in [1.54, 1.807) is 0 Å². The van der Waals surface area contributed by atoms with Gasteiger partial charge < -0.3 is 15.3 Å². The molecule has 0 aliphatic heterocycles. The summed E-state index contributed by atoms with van der Waals surface area (Å²) in [5, 5.41) is 15.6. The largest absolute Gasteiger partial charge is 0.480 e. The summed E-state index contributed by atoms with van der Waals surface area (Å²) in [6, 6.07) is -1.66. The van der Waals surface area contributed by atoms with Gasteiger partial charge in [0.15, 0.2) is 0 Å². The molecule has 0 aliphatic rings. The molecule has 0 aromatic rings. The summed E-state index contributed by atoms with van der Waals surface area (Å²) >= 11 is 0. The Morgan fingerprint density at radius 2 is 2.00 bits per heavy atom. The number of urea groups is 1. The normalized spacial score (nSPS) is 12.9. The molecule has 0 radical (unpaired) electrons. The minimum Gasteiger partial charge on any atom is -0.480 e. The first kappa shape index (κ1) is 14.6. The average Bonchev–Trinajstić information content (AvgIpc) is 2.13. The average molecular weight is 253 g/mol. The molecule has 16 heavy (non-hydrogen) atoms. The van der Waals surface area contributed by atoms with E-state index in [2.05, 4.69) is 5.32 Å². The molecular formula is C7H15N3O5S. The lowest BCUT2D eigenvalue weighted by Crippen LogP contribution is -2.46. The molecule has 0 aromatic carbocycles. The van der Waals surface area contributed by atoms with Crippen LogP contribution in [0.4, 0.5) is 4.79 Å². The maximum Gasteiger partial charge on any atom is 0.326 e. The molecule has 1 unspecified atom stereocenters. The van der Waals surface area contributed by atoms with Crippen LogP contribution in [0.5, 0.6) is 0 Å². The van der Waals surface area contributed by atoms with Gasteiger partial charge >= 0.3 is 12.0 Å². The third-order valence-corrected chi connectivity index (χ3v) is 2.69. The van der Waals surface area contributed by atoms with E-state index in [1.165, 1.54) is 14.0 Å². The van der Waals surface area contributed by atoms with Crippen molar-refractivity contribution in [2.24, 2.45) is 5.14 Å². The van der Waals surface area contributed by atoms with Gasteiger partial charge in [-0.1, -0.05) is 0 Å². The fraction of sp³-hybridized carbons (Fsp3) is 0.714. The van der Waals surface area contributed by atoms with Gasteiger partial charge in [0.25, 0.3) is 0 Å². The van der Waals surface area contributed by atoms with Gasteiger partial charge in [-0.05, 0) is 6.92 Å². The van der Waals surface area contributed by atoms with E-state index < -0.39 is 33.8 Å². The van der Waals surface area contributed by atoms with Crippen molar-refractivity contribution in [1.29, 1.82) is 0 Å². The van der Waals surface area contributed by atoms with Crippen molar-refractivity contribution in [3.8, 4) is 0 Å². The highest BCUT2D eigenvalue weighted by Crippen LogP contribution is 1.95. The van der Waals surface area contributed by atoms with Crippen LogP contribution in [0.25, 0.3) is 0 Å². The molecule has 0 rings (SSSR count). The number of amides is 2. The number of carbonyl (C=O) groups is 2. The Kier molecular flexibility index (Phi) is 5.18. The lowest BCUT2D eigenvalue weighted by atomic mass is 10.3. The summed E-state index contributed by atoms with van der Waals surface area (Å²) in [5.74, 6) is -1.54. The van der Waals surface area contributed by atoms with Crippen LogP contribution in [0.15, 0.2) is 0 Å². The van der Waals surface area contributed by atoms with E-state index in [-0.39, 0.29) is 6.54 Å². The van der Waals surface area contributed by atoms with Crippen molar-refractivity contribution in [2.45, 2.75) is 13.0 Å². The molecule has 0 spiro atoms. The van der Waals surface area contributed by atoms with Gasteiger partial charge in [-0.2, -0.15) is 0 Å². The molecule has 4 N–H and O–H groups in total. The lowest BCUT2D eigenvalue weighted by Gasteiger charge is -2.21. The van der Waals surface area contributed by atoms with Crippen molar-refractivity contribution in [3.63, 3.8) is 0 Å². The number of carboxylic acids is 1. The molecule has 94 valence electrons. The van der Waals surface area contributed by atoms with Crippen LogP contribution in [0, 0.1) is 0 Å². The van der Waals surface area contributed by atoms with Gasteiger partial charge in [-0.3, -0.25) is 0 Å². The monoisotopic (exact) mass is 253 g/mol. The Morgan fingerprint density at radius 1 is 1.50 bits per heavy atom. The highest BCUT2D eigenvalue weighted by molar-refractivity contribution is 7.89. The third kappa shape index (κ3) is 5.51. The summed E-state index contributed by atoms with van der Waals surface area (Å²) in [5.41, 5.74) is 0. The first-order valence-electron chi connectivity index (χ1n) is 4.39. The molecule has 0 saturated carbocycles. The van der Waals surface area contributed by atoms with Crippen LogP contribution in [0.1, 0.15) is 6.92 Å². The van der Waals surface area contributed by atoms with Crippen molar-refractivity contribution in [3.05, 3.63) is 0 Å². The first-order valence-corrected chi connectivity index (χ1v) is 6.10. The number of primary sulfonamides is 1. The van der Waals surface area contributed by atoms with Gasteiger partial charge in [0, 0.05) is 13.6 Å². The summed E-state index contributed by atoms with van der Waals surface area (Å²) in [4.78, 5) is 22.8. The number of sulfonamides is 1. The molecule has 0 heterocycles. The molecule has 0 fully saturated rings. The van der Waals surface area contributed by atoms with Crippen LogP contribution in [0.3, 0.4) is 0 Å². The van der Waals surface area contributed by atoms with Crippen LogP contribution in [-0.4, -0.2) is 55.8 Å². The topological polar surface area (TPSA) is 130 Å². The van der Waals surface area contributed by atoms with E-state index in [4.69, 9.17) is 10.2 Å². The predicted molar refractivity (Wildman–Crippen MR) is 56.2 cm³/mol. The van der Waals surface area contributed by atoms with Gasteiger partial charge in [0.05, 0.1) is 5.75 Å². The van der Waals surface area contributed by atoms with Gasteiger partial charge in [-0.15, -0.1) is 0 Å². The molecule has 2 amide bonds. The number of nitrogens with zero attached hydrogens (tertiary/aromatic N) is 1. The number of aliphatic carboxylic acids is 1. The van der Waals surface area contributed by atoms with E-state index in [0.29, 0.717) is 0 Å². The number of rotatable bonds is 5. The molecule has 1 atom stereocenters. The lowest BCUT2D eigenvalue weighted by molar-refractivity contribution is -0.141. The van der Waals surface area contributed by atoms with E-state index in [9.17, 15) is 18.0 Å². The number of nitrogens with one attached hydrogen (secondary N) is 1. The molecule has 9 heteroatoms. The number of carbonyl (C=O) groups excluding carboxylic acids is 1. The molecule has 8 nitrogen and oxygen atoms in total. The zero-order valence-corrected chi connectivity index (χ0v) is 9.82. The fourth-order valence-electron chi connectivity index (χ4n) is 0.766. The smallest absolute Gasteiger partial charge is 0.326 e. The van der Waals surface area contributed by atoms with Crippen LogP contribution in [-0.2, 0) is 14.8 Å². The minimum atomic E-state index is -3.63. The number of hydrogen-bond donors (Lipinski definition) is 3. The summed E-state index contributed by atoms with van der Waals surface area (Å²) in [6.07, 6.45) is 0. The molecular weight excluding hydrogens is 238 g/mol. The van der Waals surface area contributed by atoms with Gasteiger partial charge in [0.2, 0.25) is 10.0 Å². The Bertz CT molecular complexity index is 366. The van der Waals surface area contributed by atoms with E-state index in [1.807, 2.05) is 0 Å². The van der Waals surface area contributed by atoms with Crippen molar-refractivity contribution in [1.82, 2.24) is 10.2 Å². The Hall–Kier alpha value is -1.35. The summed E-state index contributed by atoms with van der Waals surface area (Å²) in [6.45, 7) is 1.18. The molecule has 0 aromatic heterocycles. The molecule has 0 bridgehead atoms. The molecule has 0 saturated heterocycles. The number of hydrogen-bond acceptors (Lipinski definition) is 4. The van der Waals surface area contributed by atoms with Crippen LogP contribution >= 0.6 is 0 Å². The van der Waals surface area contributed by atoms with Crippen molar-refractivity contribution < 1.29 is 23.1 Å². The van der Waals surface area contributed by atoms with E-state index in [0.717, 1.165) is 4.90 Å².